The fourth-order valence-corrected chi connectivity index (χ4v) is 2.64. The Morgan fingerprint density at radius 3 is 2.88 bits per heavy atom. The Balaban J connectivity index is 1.50. The van der Waals surface area contributed by atoms with Gasteiger partial charge in [0.15, 0.2) is 0 Å². The van der Waals surface area contributed by atoms with Crippen LogP contribution in [0.15, 0.2) is 53.7 Å². The molecule has 1 aliphatic rings. The molecule has 0 bridgehead atoms. The van der Waals surface area contributed by atoms with E-state index in [1.54, 1.807) is 19.2 Å². The number of carbonyl (C=O) groups excluding carboxylic acids is 1. The Labute approximate surface area is 145 Å². The first-order valence-corrected chi connectivity index (χ1v) is 8.00. The molecular weight excluding hydrogens is 323 g/mol. The van der Waals surface area contributed by atoms with E-state index in [-0.39, 0.29) is 18.3 Å². The molecule has 0 saturated carbocycles. The molecule has 1 aliphatic heterocycles. The lowest BCUT2D eigenvalue weighted by Gasteiger charge is -2.09. The Morgan fingerprint density at radius 2 is 2.08 bits per heavy atom. The largest absolute Gasteiger partial charge is 0.497 e. The number of nitrogens with one attached hydrogen (secondary N) is 1. The molecule has 1 unspecified atom stereocenters. The van der Waals surface area contributed by atoms with E-state index >= 15 is 0 Å². The number of amides is 1. The quantitative estimate of drug-likeness (QED) is 0.878. The Bertz CT molecular complexity index is 792. The number of hydrogen-bond donors (Lipinski definition) is 1. The van der Waals surface area contributed by atoms with Crippen LogP contribution in [-0.2, 0) is 22.6 Å². The van der Waals surface area contributed by atoms with Gasteiger partial charge >= 0.3 is 0 Å². The van der Waals surface area contributed by atoms with Crippen LogP contribution in [0.5, 0.6) is 5.75 Å². The average Bonchev–Trinajstić information content (AvgIpc) is 3.08. The van der Waals surface area contributed by atoms with E-state index in [9.17, 15) is 9.18 Å². The van der Waals surface area contributed by atoms with Gasteiger partial charge in [0.2, 0.25) is 6.10 Å². The normalized spacial score (nSPS) is 16.1. The average molecular weight is 342 g/mol. The first-order chi connectivity index (χ1) is 12.1. The maximum Gasteiger partial charge on any atom is 0.264 e. The lowest BCUT2D eigenvalue weighted by Crippen LogP contribution is -2.34. The van der Waals surface area contributed by atoms with Crippen LogP contribution >= 0.6 is 0 Å². The van der Waals surface area contributed by atoms with E-state index in [4.69, 9.17) is 9.57 Å². The van der Waals surface area contributed by atoms with Crippen LogP contribution in [0.1, 0.15) is 17.5 Å². The highest BCUT2D eigenvalue weighted by molar-refractivity contribution is 5.93. The van der Waals surface area contributed by atoms with Crippen molar-refractivity contribution in [2.75, 3.05) is 7.11 Å². The van der Waals surface area contributed by atoms with Gasteiger partial charge in [-0.3, -0.25) is 4.79 Å². The summed E-state index contributed by atoms with van der Waals surface area (Å²) >= 11 is 0. The molecule has 1 heterocycles. The maximum atomic E-state index is 13.1. The zero-order chi connectivity index (χ0) is 17.6. The summed E-state index contributed by atoms with van der Waals surface area (Å²) in [5, 5.41) is 6.76. The minimum absolute atomic E-state index is 0.252. The fraction of sp³-hybridized carbons (Fsp3) is 0.263. The number of oxime groups is 1. The van der Waals surface area contributed by atoms with Gasteiger partial charge in [0.1, 0.15) is 11.6 Å². The zero-order valence-electron chi connectivity index (χ0n) is 13.9. The van der Waals surface area contributed by atoms with Crippen molar-refractivity contribution in [1.82, 2.24) is 5.32 Å². The van der Waals surface area contributed by atoms with Crippen LogP contribution in [0.4, 0.5) is 4.39 Å². The number of nitrogens with zero attached hydrogens (tertiary/aromatic N) is 1. The highest BCUT2D eigenvalue weighted by Crippen LogP contribution is 2.18. The summed E-state index contributed by atoms with van der Waals surface area (Å²) in [4.78, 5) is 17.4. The first-order valence-electron chi connectivity index (χ1n) is 8.00. The number of benzene rings is 2. The van der Waals surface area contributed by atoms with Gasteiger partial charge in [-0.15, -0.1) is 0 Å². The second-order valence-electron chi connectivity index (χ2n) is 5.83. The van der Waals surface area contributed by atoms with Crippen LogP contribution in [0.3, 0.4) is 0 Å². The molecule has 3 rings (SSSR count). The van der Waals surface area contributed by atoms with Gasteiger partial charge in [0.25, 0.3) is 5.91 Å². The second-order valence-corrected chi connectivity index (χ2v) is 5.83. The summed E-state index contributed by atoms with van der Waals surface area (Å²) in [6.07, 6.45) is 0.394. The van der Waals surface area contributed by atoms with Crippen molar-refractivity contribution in [3.05, 3.63) is 65.5 Å². The molecule has 0 radical (unpaired) electrons. The van der Waals surface area contributed by atoms with Crippen molar-refractivity contribution in [2.45, 2.75) is 25.5 Å². The molecule has 2 aromatic carbocycles. The van der Waals surface area contributed by atoms with E-state index in [0.29, 0.717) is 18.4 Å². The molecule has 1 amide bonds. The molecule has 0 saturated heterocycles. The summed E-state index contributed by atoms with van der Waals surface area (Å²) in [6, 6.07) is 13.8. The van der Waals surface area contributed by atoms with Crippen LogP contribution in [-0.4, -0.2) is 24.8 Å². The van der Waals surface area contributed by atoms with E-state index in [1.165, 1.54) is 12.1 Å². The van der Waals surface area contributed by atoms with Crippen LogP contribution in [0.25, 0.3) is 0 Å². The number of halogens is 1. The molecule has 0 aromatic heterocycles. The molecule has 0 spiro atoms. The van der Waals surface area contributed by atoms with Crippen LogP contribution in [0, 0.1) is 5.82 Å². The van der Waals surface area contributed by atoms with Gasteiger partial charge in [-0.25, -0.2) is 4.39 Å². The lowest BCUT2D eigenvalue weighted by molar-refractivity contribution is -0.131. The molecule has 1 N–H and O–H groups in total. The molecule has 1 atom stereocenters. The lowest BCUT2D eigenvalue weighted by atomic mass is 10.0. The number of methoxy groups -OCH3 is 1. The summed E-state index contributed by atoms with van der Waals surface area (Å²) < 4.78 is 18.3. The number of carbonyl (C=O) groups is 1. The number of rotatable bonds is 6. The smallest absolute Gasteiger partial charge is 0.264 e. The molecule has 2 aromatic rings. The van der Waals surface area contributed by atoms with E-state index in [2.05, 4.69) is 10.5 Å². The molecule has 130 valence electrons. The Kier molecular flexibility index (Phi) is 5.28. The highest BCUT2D eigenvalue weighted by atomic mass is 19.1. The third kappa shape index (κ3) is 4.56. The fourth-order valence-electron chi connectivity index (χ4n) is 2.64. The minimum atomic E-state index is -0.644. The monoisotopic (exact) mass is 342 g/mol. The third-order valence-corrected chi connectivity index (χ3v) is 3.92. The summed E-state index contributed by atoms with van der Waals surface area (Å²) in [7, 11) is 1.62. The topological polar surface area (TPSA) is 59.9 Å². The Hall–Kier alpha value is -2.89. The molecule has 25 heavy (non-hydrogen) atoms. The van der Waals surface area contributed by atoms with Crippen molar-refractivity contribution in [2.24, 2.45) is 5.16 Å². The molecule has 6 heteroatoms. The van der Waals surface area contributed by atoms with E-state index < -0.39 is 6.10 Å². The van der Waals surface area contributed by atoms with Crippen molar-refractivity contribution in [3.8, 4) is 5.75 Å². The van der Waals surface area contributed by atoms with Gasteiger partial charge in [-0.2, -0.15) is 0 Å². The van der Waals surface area contributed by atoms with E-state index in [1.807, 2.05) is 24.3 Å². The second kappa shape index (κ2) is 7.79. The first kappa shape index (κ1) is 17.0. The third-order valence-electron chi connectivity index (χ3n) is 3.92. The SMILES string of the molecule is COc1cccc(CC2=NOC(C(=O)NCc3cccc(F)c3)C2)c1. The van der Waals surface area contributed by atoms with Gasteiger partial charge in [0, 0.05) is 19.4 Å². The predicted octanol–water partition coefficient (Wildman–Crippen LogP) is 2.84. The molecule has 0 aliphatic carbocycles. The number of hydrogen-bond acceptors (Lipinski definition) is 4. The summed E-state index contributed by atoms with van der Waals surface area (Å²) in [5.74, 6) is 0.197. The van der Waals surface area contributed by atoms with Gasteiger partial charge in [-0.05, 0) is 35.4 Å². The predicted molar refractivity (Wildman–Crippen MR) is 91.9 cm³/mol. The van der Waals surface area contributed by atoms with Crippen molar-refractivity contribution in [1.29, 1.82) is 0 Å². The van der Waals surface area contributed by atoms with Gasteiger partial charge < -0.3 is 14.9 Å². The maximum absolute atomic E-state index is 13.1. The van der Waals surface area contributed by atoms with Gasteiger partial charge in [-0.1, -0.05) is 29.4 Å². The van der Waals surface area contributed by atoms with Crippen LogP contribution in [0.2, 0.25) is 0 Å². The van der Waals surface area contributed by atoms with Crippen molar-refractivity contribution >= 4 is 11.6 Å². The van der Waals surface area contributed by atoms with E-state index in [0.717, 1.165) is 17.0 Å². The standard InChI is InChI=1S/C19H19FN2O3/c1-24-17-7-3-4-13(10-17)9-16-11-18(25-22-16)19(23)21-12-14-5-2-6-15(20)8-14/h2-8,10,18H,9,11-12H2,1H3,(H,21,23). The molecule has 0 fully saturated rings. The van der Waals surface area contributed by atoms with Crippen LogP contribution < -0.4 is 10.1 Å². The van der Waals surface area contributed by atoms with Crippen molar-refractivity contribution in [3.63, 3.8) is 0 Å². The molecule has 5 nitrogen and oxygen atoms in total. The summed E-state index contributed by atoms with van der Waals surface area (Å²) in [5.41, 5.74) is 2.55. The highest BCUT2D eigenvalue weighted by Gasteiger charge is 2.27. The molecular formula is C19H19FN2O3. The van der Waals surface area contributed by atoms with Gasteiger partial charge in [0.05, 0.1) is 12.8 Å². The minimum Gasteiger partial charge on any atom is -0.497 e. The van der Waals surface area contributed by atoms with Crippen molar-refractivity contribution < 1.29 is 18.8 Å². The zero-order valence-corrected chi connectivity index (χ0v) is 13.9. The number of ether oxygens (including phenoxy) is 1. The Morgan fingerprint density at radius 1 is 1.28 bits per heavy atom. The summed E-state index contributed by atoms with van der Waals surface area (Å²) in [6.45, 7) is 0.252.